The Bertz CT molecular complexity index is 496. The third kappa shape index (κ3) is 3.39. The molecular weight excluding hydrogens is 295 g/mol. The van der Waals surface area contributed by atoms with Crippen molar-refractivity contribution in [2.24, 2.45) is 0 Å². The first kappa shape index (κ1) is 13.4. The second-order valence-corrected chi connectivity index (χ2v) is 3.93. The van der Waals surface area contributed by atoms with Gasteiger partial charge in [0, 0.05) is 10.5 Å². The predicted molar refractivity (Wildman–Crippen MR) is 61.7 cm³/mol. The summed E-state index contributed by atoms with van der Waals surface area (Å²) in [4.78, 5) is 21.9. The average molecular weight is 303 g/mol. The summed E-state index contributed by atoms with van der Waals surface area (Å²) in [5.41, 5.74) is -0.176. The molecule has 17 heavy (non-hydrogen) atoms. The number of hydrogen-bond acceptors (Lipinski definition) is 4. The molecule has 0 bridgehead atoms. The minimum absolute atomic E-state index is 0.176. The minimum Gasteiger partial charge on any atom is -0.507 e. The van der Waals surface area contributed by atoms with E-state index in [1.54, 1.807) is 0 Å². The summed E-state index contributed by atoms with van der Waals surface area (Å²) in [6, 6.07) is 3.89. The molecule has 0 fully saturated rings. The Labute approximate surface area is 105 Å². The lowest BCUT2D eigenvalue weighted by Gasteiger charge is -2.02. The van der Waals surface area contributed by atoms with E-state index in [9.17, 15) is 19.1 Å². The maximum atomic E-state index is 13.4. The van der Waals surface area contributed by atoms with Crippen molar-refractivity contribution >= 4 is 33.4 Å². The normalized spacial score (nSPS) is 11.1. The molecule has 0 aliphatic heterocycles. The molecule has 0 spiro atoms. The Morgan fingerprint density at radius 1 is 1.47 bits per heavy atom. The first-order valence-corrected chi connectivity index (χ1v) is 5.23. The van der Waals surface area contributed by atoms with Gasteiger partial charge in [-0.15, -0.1) is 0 Å². The third-order valence-electron chi connectivity index (χ3n) is 1.86. The van der Waals surface area contributed by atoms with E-state index in [-0.39, 0.29) is 5.56 Å². The van der Waals surface area contributed by atoms with Gasteiger partial charge in [0.25, 0.3) is 5.78 Å². The number of methoxy groups -OCH3 is 1. The van der Waals surface area contributed by atoms with E-state index in [1.807, 2.05) is 0 Å². The summed E-state index contributed by atoms with van der Waals surface area (Å²) in [5, 5.41) is 9.48. The number of esters is 1. The molecule has 0 aliphatic carbocycles. The van der Waals surface area contributed by atoms with Gasteiger partial charge >= 0.3 is 5.97 Å². The highest BCUT2D eigenvalue weighted by Crippen LogP contribution is 2.20. The zero-order chi connectivity index (χ0) is 13.0. The topological polar surface area (TPSA) is 63.6 Å². The molecule has 0 unspecified atom stereocenters. The molecule has 4 nitrogen and oxygen atoms in total. The number of rotatable bonds is 3. The van der Waals surface area contributed by atoms with Crippen LogP contribution in [-0.4, -0.2) is 24.0 Å². The Hall–Kier alpha value is -1.69. The molecule has 1 aromatic carbocycles. The van der Waals surface area contributed by atoms with Crippen LogP contribution in [0.15, 0.2) is 28.7 Å². The van der Waals surface area contributed by atoms with E-state index in [0.29, 0.717) is 10.5 Å². The average Bonchev–Trinajstić information content (AvgIpc) is 2.27. The fourth-order valence-electron chi connectivity index (χ4n) is 1.06. The summed E-state index contributed by atoms with van der Waals surface area (Å²) in [6.07, 6.45) is 0.609. The van der Waals surface area contributed by atoms with Gasteiger partial charge in [0.15, 0.2) is 0 Å². The van der Waals surface area contributed by atoms with Gasteiger partial charge in [0.2, 0.25) is 0 Å². The zero-order valence-corrected chi connectivity index (χ0v) is 10.3. The monoisotopic (exact) mass is 302 g/mol. The minimum atomic E-state index is -1.13. The van der Waals surface area contributed by atoms with Crippen molar-refractivity contribution in [3.8, 4) is 0 Å². The molecule has 0 radical (unpaired) electrons. The van der Waals surface area contributed by atoms with Crippen LogP contribution in [0, 0.1) is 5.82 Å². The van der Waals surface area contributed by atoms with Gasteiger partial charge in [-0.05, 0) is 18.2 Å². The van der Waals surface area contributed by atoms with E-state index in [0.717, 1.165) is 13.2 Å². The Morgan fingerprint density at radius 3 is 2.65 bits per heavy atom. The fourth-order valence-corrected chi connectivity index (χ4v) is 1.39. The molecule has 0 heterocycles. The van der Waals surface area contributed by atoms with Crippen molar-refractivity contribution in [1.82, 2.24) is 0 Å². The maximum Gasteiger partial charge on any atom is 0.378 e. The van der Waals surface area contributed by atoms with Crippen LogP contribution in [0.25, 0.3) is 5.76 Å². The predicted octanol–water partition coefficient (Wildman–Crippen LogP) is 2.23. The Balaban J connectivity index is 3.04. The lowest BCUT2D eigenvalue weighted by molar-refractivity contribution is -0.149. The molecule has 0 amide bonds. The SMILES string of the molecule is COC(=O)C(=O)C=C(O)c1ccc(Br)cc1F. The van der Waals surface area contributed by atoms with Gasteiger partial charge in [-0.3, -0.25) is 4.79 Å². The lowest BCUT2D eigenvalue weighted by Crippen LogP contribution is -2.13. The summed E-state index contributed by atoms with van der Waals surface area (Å²) < 4.78 is 18.0. The van der Waals surface area contributed by atoms with Crippen LogP contribution in [0.1, 0.15) is 5.56 Å². The number of hydrogen-bond donors (Lipinski definition) is 1. The van der Waals surface area contributed by atoms with Gasteiger partial charge in [-0.1, -0.05) is 15.9 Å². The Kier molecular flexibility index (Phi) is 4.39. The van der Waals surface area contributed by atoms with E-state index >= 15 is 0 Å². The zero-order valence-electron chi connectivity index (χ0n) is 8.74. The number of aliphatic hydroxyl groups is 1. The molecule has 90 valence electrons. The van der Waals surface area contributed by atoms with Crippen LogP contribution < -0.4 is 0 Å². The summed E-state index contributed by atoms with van der Waals surface area (Å²) in [5.74, 6) is -3.54. The number of ether oxygens (including phenoxy) is 1. The maximum absolute atomic E-state index is 13.4. The lowest BCUT2D eigenvalue weighted by atomic mass is 10.1. The van der Waals surface area contributed by atoms with E-state index < -0.39 is 23.3 Å². The second kappa shape index (κ2) is 5.58. The van der Waals surface area contributed by atoms with Crippen LogP contribution in [0.5, 0.6) is 0 Å². The van der Waals surface area contributed by atoms with E-state index in [4.69, 9.17) is 0 Å². The molecule has 0 saturated carbocycles. The van der Waals surface area contributed by atoms with Crippen molar-refractivity contribution in [3.63, 3.8) is 0 Å². The smallest absolute Gasteiger partial charge is 0.378 e. The first-order valence-electron chi connectivity index (χ1n) is 4.44. The third-order valence-corrected chi connectivity index (χ3v) is 2.35. The number of carbonyl (C=O) groups is 2. The molecule has 0 atom stereocenters. The molecular formula is C11H8BrFO4. The summed E-state index contributed by atoms with van der Waals surface area (Å²) >= 11 is 3.05. The molecule has 0 saturated heterocycles. The van der Waals surface area contributed by atoms with Crippen LogP contribution in [-0.2, 0) is 14.3 Å². The second-order valence-electron chi connectivity index (χ2n) is 3.01. The van der Waals surface area contributed by atoms with Crippen molar-refractivity contribution < 1.29 is 23.8 Å². The van der Waals surface area contributed by atoms with Gasteiger partial charge in [-0.2, -0.15) is 0 Å². The molecule has 0 aliphatic rings. The molecule has 1 aromatic rings. The van der Waals surface area contributed by atoms with E-state index in [1.165, 1.54) is 12.1 Å². The van der Waals surface area contributed by atoms with E-state index in [2.05, 4.69) is 20.7 Å². The highest BCUT2D eigenvalue weighted by atomic mass is 79.9. The molecule has 0 aromatic heterocycles. The fraction of sp³-hybridized carbons (Fsp3) is 0.0909. The van der Waals surface area contributed by atoms with Gasteiger partial charge in [-0.25, -0.2) is 9.18 Å². The van der Waals surface area contributed by atoms with Crippen molar-refractivity contribution in [3.05, 3.63) is 40.1 Å². The molecule has 1 rings (SSSR count). The number of aliphatic hydroxyl groups excluding tert-OH is 1. The van der Waals surface area contributed by atoms with Crippen LogP contribution in [0.4, 0.5) is 4.39 Å². The number of ketones is 1. The van der Waals surface area contributed by atoms with Crippen LogP contribution in [0.2, 0.25) is 0 Å². The number of carbonyl (C=O) groups excluding carboxylic acids is 2. The van der Waals surface area contributed by atoms with Gasteiger partial charge < -0.3 is 9.84 Å². The van der Waals surface area contributed by atoms with Gasteiger partial charge in [0.05, 0.1) is 12.7 Å². The molecule has 6 heteroatoms. The van der Waals surface area contributed by atoms with Gasteiger partial charge in [0.1, 0.15) is 11.6 Å². The summed E-state index contributed by atoms with van der Waals surface area (Å²) in [6.45, 7) is 0. The first-order chi connectivity index (χ1) is 7.95. The van der Waals surface area contributed by atoms with Crippen LogP contribution >= 0.6 is 15.9 Å². The molecule has 1 N–H and O–H groups in total. The van der Waals surface area contributed by atoms with Crippen molar-refractivity contribution in [2.45, 2.75) is 0 Å². The highest BCUT2D eigenvalue weighted by Gasteiger charge is 2.14. The quantitative estimate of drug-likeness (QED) is 0.402. The largest absolute Gasteiger partial charge is 0.507 e. The number of halogens is 2. The standard InChI is InChI=1S/C11H8BrFO4/c1-17-11(16)10(15)5-9(14)7-3-2-6(12)4-8(7)13/h2-5,14H,1H3. The Morgan fingerprint density at radius 2 is 2.12 bits per heavy atom. The van der Waals surface area contributed by atoms with Crippen LogP contribution in [0.3, 0.4) is 0 Å². The highest BCUT2D eigenvalue weighted by molar-refractivity contribution is 9.10. The number of benzene rings is 1. The summed E-state index contributed by atoms with van der Waals surface area (Å²) in [7, 11) is 1.03. The van der Waals surface area contributed by atoms with Crippen molar-refractivity contribution in [1.29, 1.82) is 0 Å². The van der Waals surface area contributed by atoms with Crippen molar-refractivity contribution in [2.75, 3.05) is 7.11 Å².